The maximum absolute atomic E-state index is 13.2. The molecule has 2 aliphatic heterocycles. The molecule has 0 saturated carbocycles. The maximum Gasteiger partial charge on any atom is 0.254 e. The Bertz CT molecular complexity index is 857. The maximum atomic E-state index is 13.2. The van der Waals surface area contributed by atoms with Crippen molar-refractivity contribution < 1.29 is 9.59 Å². The van der Waals surface area contributed by atoms with Crippen molar-refractivity contribution >= 4 is 41.5 Å². The van der Waals surface area contributed by atoms with Crippen molar-refractivity contribution in [1.82, 2.24) is 10.2 Å². The number of hydrogen-bond acceptors (Lipinski definition) is 3. The highest BCUT2D eigenvalue weighted by atomic mass is 35.5. The Hall–Kier alpha value is -2.08. The minimum Gasteiger partial charge on any atom is -0.329 e. The lowest BCUT2D eigenvalue weighted by atomic mass is 10.0. The summed E-state index contributed by atoms with van der Waals surface area (Å²) in [5.74, 6) is 0.135. The first-order valence-corrected chi connectivity index (χ1v) is 9.69. The van der Waals surface area contributed by atoms with Gasteiger partial charge >= 0.3 is 0 Å². The molecule has 2 aliphatic rings. The molecule has 7 heteroatoms. The second-order valence-electron chi connectivity index (χ2n) is 6.94. The van der Waals surface area contributed by atoms with E-state index < -0.39 is 0 Å². The molecule has 5 nitrogen and oxygen atoms in total. The molecule has 1 unspecified atom stereocenters. The van der Waals surface area contributed by atoms with E-state index in [1.165, 1.54) is 0 Å². The van der Waals surface area contributed by atoms with Crippen LogP contribution in [0.1, 0.15) is 34.8 Å². The third-order valence-electron chi connectivity index (χ3n) is 5.27. The molecule has 2 aromatic rings. The molecular weight excluding hydrogens is 397 g/mol. The van der Waals surface area contributed by atoms with E-state index in [1.807, 2.05) is 53.4 Å². The van der Waals surface area contributed by atoms with Gasteiger partial charge in [-0.2, -0.15) is 0 Å². The van der Waals surface area contributed by atoms with E-state index >= 15 is 0 Å². The lowest BCUT2D eigenvalue weighted by Gasteiger charge is -2.37. The van der Waals surface area contributed by atoms with Gasteiger partial charge in [-0.25, -0.2) is 0 Å². The summed E-state index contributed by atoms with van der Waals surface area (Å²) in [7, 11) is 0. The van der Waals surface area contributed by atoms with E-state index in [2.05, 4.69) is 5.32 Å². The fourth-order valence-corrected chi connectivity index (χ4v) is 4.10. The smallest absolute Gasteiger partial charge is 0.254 e. The van der Waals surface area contributed by atoms with Gasteiger partial charge in [0.15, 0.2) is 0 Å². The third kappa shape index (κ3) is 4.02. The van der Waals surface area contributed by atoms with Gasteiger partial charge in [-0.05, 0) is 42.3 Å². The zero-order valence-electron chi connectivity index (χ0n) is 15.4. The van der Waals surface area contributed by atoms with Crippen molar-refractivity contribution in [1.29, 1.82) is 0 Å². The molecular formula is C21H23Cl2N3O2. The number of carbonyl (C=O) groups is 2. The molecule has 1 atom stereocenters. The Kier molecular flexibility index (Phi) is 6.60. The van der Waals surface area contributed by atoms with Crippen LogP contribution < -0.4 is 10.2 Å². The van der Waals surface area contributed by atoms with Crippen LogP contribution in [0.25, 0.3) is 0 Å². The summed E-state index contributed by atoms with van der Waals surface area (Å²) in [4.78, 5) is 28.7. The largest absolute Gasteiger partial charge is 0.329 e. The Balaban J connectivity index is 0.00000225. The monoisotopic (exact) mass is 419 g/mol. The number of hydrogen-bond donors (Lipinski definition) is 1. The van der Waals surface area contributed by atoms with Gasteiger partial charge in [-0.3, -0.25) is 9.59 Å². The first-order chi connectivity index (χ1) is 13.1. The average Bonchev–Trinajstić information content (AvgIpc) is 3.14. The van der Waals surface area contributed by atoms with Gasteiger partial charge in [0.2, 0.25) is 5.91 Å². The molecule has 0 aliphatic carbocycles. The van der Waals surface area contributed by atoms with E-state index in [0.29, 0.717) is 30.1 Å². The average molecular weight is 420 g/mol. The summed E-state index contributed by atoms with van der Waals surface area (Å²) in [6, 6.07) is 14.9. The number of nitrogens with one attached hydrogen (secondary N) is 1. The van der Waals surface area contributed by atoms with Crippen molar-refractivity contribution in [2.45, 2.75) is 18.9 Å². The lowest BCUT2D eigenvalue weighted by molar-refractivity contribution is -0.117. The number of benzene rings is 2. The van der Waals surface area contributed by atoms with Gasteiger partial charge in [-0.15, -0.1) is 12.4 Å². The zero-order chi connectivity index (χ0) is 18.8. The first-order valence-electron chi connectivity index (χ1n) is 9.32. The lowest BCUT2D eigenvalue weighted by Crippen LogP contribution is -2.48. The quantitative estimate of drug-likeness (QED) is 0.825. The third-order valence-corrected chi connectivity index (χ3v) is 5.61. The first kappa shape index (κ1) is 20.6. The van der Waals surface area contributed by atoms with Crippen molar-refractivity contribution in [2.24, 2.45) is 0 Å². The topological polar surface area (TPSA) is 52.7 Å². The Labute approximate surface area is 176 Å². The Morgan fingerprint density at radius 1 is 1.07 bits per heavy atom. The van der Waals surface area contributed by atoms with Crippen molar-refractivity contribution in [2.75, 3.05) is 31.1 Å². The van der Waals surface area contributed by atoms with Crippen LogP contribution in [0.4, 0.5) is 5.69 Å². The predicted octanol–water partition coefficient (Wildman–Crippen LogP) is 3.68. The number of amides is 2. The normalized spacial score (nSPS) is 19.5. The Morgan fingerprint density at radius 2 is 1.82 bits per heavy atom. The fraction of sp³-hybridized carbons (Fsp3) is 0.333. The molecule has 28 heavy (non-hydrogen) atoms. The Morgan fingerprint density at radius 3 is 2.50 bits per heavy atom. The van der Waals surface area contributed by atoms with Gasteiger partial charge in [0, 0.05) is 48.9 Å². The second-order valence-corrected chi connectivity index (χ2v) is 7.34. The number of anilines is 1. The minimum absolute atomic E-state index is 0. The standard InChI is InChI=1S/C21H22ClN3O2.ClH/c22-18-5-2-1-4-17(18)19-14-23-11-13-25(19)21(27)15-7-9-16(10-8-15)24-12-3-6-20(24)26;/h1-2,4-5,7-10,19,23H,3,6,11-14H2;1H. The van der Waals surface area contributed by atoms with E-state index in [9.17, 15) is 9.59 Å². The number of rotatable bonds is 3. The van der Waals surface area contributed by atoms with Crippen molar-refractivity contribution in [3.05, 3.63) is 64.7 Å². The van der Waals surface area contributed by atoms with Crippen LogP contribution in [0.5, 0.6) is 0 Å². The molecule has 148 valence electrons. The molecule has 2 heterocycles. The summed E-state index contributed by atoms with van der Waals surface area (Å²) in [6.07, 6.45) is 1.49. The molecule has 1 N–H and O–H groups in total. The summed E-state index contributed by atoms with van der Waals surface area (Å²) < 4.78 is 0. The van der Waals surface area contributed by atoms with Gasteiger partial charge in [-0.1, -0.05) is 29.8 Å². The highest BCUT2D eigenvalue weighted by molar-refractivity contribution is 6.31. The molecule has 0 spiro atoms. The summed E-state index contributed by atoms with van der Waals surface area (Å²) >= 11 is 6.38. The number of nitrogens with zero attached hydrogens (tertiary/aromatic N) is 2. The number of piperazine rings is 1. The number of halogens is 2. The highest BCUT2D eigenvalue weighted by Gasteiger charge is 2.30. The zero-order valence-corrected chi connectivity index (χ0v) is 17.0. The van der Waals surface area contributed by atoms with Gasteiger partial charge in [0.1, 0.15) is 0 Å². The molecule has 0 radical (unpaired) electrons. The van der Waals surface area contributed by atoms with Gasteiger partial charge < -0.3 is 15.1 Å². The molecule has 2 fully saturated rings. The van der Waals surface area contributed by atoms with Crippen molar-refractivity contribution in [3.63, 3.8) is 0 Å². The van der Waals surface area contributed by atoms with Gasteiger partial charge in [0.05, 0.1) is 6.04 Å². The van der Waals surface area contributed by atoms with Crippen LogP contribution >= 0.6 is 24.0 Å². The summed E-state index contributed by atoms with van der Waals surface area (Å²) in [5, 5.41) is 4.02. The molecule has 2 aromatic carbocycles. The molecule has 2 amide bonds. The second kappa shape index (κ2) is 8.95. The van der Waals surface area contributed by atoms with Crippen LogP contribution in [-0.4, -0.2) is 42.9 Å². The van der Waals surface area contributed by atoms with E-state index in [0.717, 1.165) is 30.8 Å². The van der Waals surface area contributed by atoms with Crippen LogP contribution in [0, 0.1) is 0 Å². The SMILES string of the molecule is Cl.O=C1CCCN1c1ccc(C(=O)N2CCNCC2c2ccccc2Cl)cc1. The van der Waals surface area contributed by atoms with E-state index in [4.69, 9.17) is 11.6 Å². The van der Waals surface area contributed by atoms with E-state index in [-0.39, 0.29) is 30.3 Å². The van der Waals surface area contributed by atoms with Crippen LogP contribution in [0.3, 0.4) is 0 Å². The molecule has 0 bridgehead atoms. The molecule has 4 rings (SSSR count). The summed E-state index contributed by atoms with van der Waals surface area (Å²) in [6.45, 7) is 2.81. The minimum atomic E-state index is -0.0974. The molecule has 0 aromatic heterocycles. The number of carbonyl (C=O) groups excluding carboxylic acids is 2. The highest BCUT2D eigenvalue weighted by Crippen LogP contribution is 2.30. The fourth-order valence-electron chi connectivity index (χ4n) is 3.84. The van der Waals surface area contributed by atoms with Gasteiger partial charge in [0.25, 0.3) is 5.91 Å². The van der Waals surface area contributed by atoms with Crippen LogP contribution in [0.2, 0.25) is 5.02 Å². The van der Waals surface area contributed by atoms with Crippen LogP contribution in [0.15, 0.2) is 48.5 Å². The van der Waals surface area contributed by atoms with Crippen molar-refractivity contribution in [3.8, 4) is 0 Å². The van der Waals surface area contributed by atoms with Crippen LogP contribution in [-0.2, 0) is 4.79 Å². The molecule has 2 saturated heterocycles. The van der Waals surface area contributed by atoms with E-state index in [1.54, 1.807) is 4.90 Å². The summed E-state index contributed by atoms with van der Waals surface area (Å²) in [5.41, 5.74) is 2.44. The predicted molar refractivity (Wildman–Crippen MR) is 113 cm³/mol.